The van der Waals surface area contributed by atoms with Crippen LogP contribution in [0.1, 0.15) is 24.2 Å². The van der Waals surface area contributed by atoms with Gasteiger partial charge in [-0.2, -0.15) is 0 Å². The van der Waals surface area contributed by atoms with Gasteiger partial charge in [-0.05, 0) is 56.4 Å². The van der Waals surface area contributed by atoms with Crippen molar-refractivity contribution in [1.82, 2.24) is 24.9 Å². The van der Waals surface area contributed by atoms with Crippen LogP contribution in [0.25, 0.3) is 11.0 Å². The zero-order valence-corrected chi connectivity index (χ0v) is 15.0. The lowest BCUT2D eigenvalue weighted by Gasteiger charge is -2.32. The number of piperidine rings is 1. The average molecular weight is 349 g/mol. The highest BCUT2D eigenvalue weighted by molar-refractivity contribution is 5.79. The Morgan fingerprint density at radius 3 is 2.96 bits per heavy atom. The Morgan fingerprint density at radius 1 is 1.19 bits per heavy atom. The van der Waals surface area contributed by atoms with Crippen LogP contribution in [-0.4, -0.2) is 43.9 Å². The number of fused-ring (bicyclic) bond motifs is 1. The van der Waals surface area contributed by atoms with Gasteiger partial charge in [0.2, 0.25) is 5.91 Å². The highest BCUT2D eigenvalue weighted by atomic mass is 16.2. The summed E-state index contributed by atoms with van der Waals surface area (Å²) in [6, 6.07) is 13.9. The van der Waals surface area contributed by atoms with Crippen molar-refractivity contribution in [2.45, 2.75) is 32.7 Å². The second kappa shape index (κ2) is 7.23. The molecular formula is C20H23N5O. The molecule has 0 radical (unpaired) electrons. The zero-order chi connectivity index (χ0) is 17.9. The van der Waals surface area contributed by atoms with Gasteiger partial charge in [-0.15, -0.1) is 5.10 Å². The van der Waals surface area contributed by atoms with E-state index >= 15 is 0 Å². The van der Waals surface area contributed by atoms with Crippen LogP contribution in [0.4, 0.5) is 0 Å². The minimum atomic E-state index is 0.113. The molecule has 1 fully saturated rings. The van der Waals surface area contributed by atoms with E-state index in [-0.39, 0.29) is 12.5 Å². The Labute approximate surface area is 152 Å². The Hall–Kier alpha value is -2.76. The lowest BCUT2D eigenvalue weighted by atomic mass is 9.93. The molecule has 2 aromatic heterocycles. The molecule has 6 nitrogen and oxygen atoms in total. The molecule has 1 unspecified atom stereocenters. The summed E-state index contributed by atoms with van der Waals surface area (Å²) in [5, 5.41) is 8.27. The normalized spacial score (nSPS) is 17.6. The first-order valence-electron chi connectivity index (χ1n) is 9.17. The monoisotopic (exact) mass is 349 g/mol. The van der Waals surface area contributed by atoms with Crippen molar-refractivity contribution in [1.29, 1.82) is 0 Å². The minimum Gasteiger partial charge on any atom is -0.341 e. The minimum absolute atomic E-state index is 0.113. The lowest BCUT2D eigenvalue weighted by molar-refractivity contribution is -0.133. The fraction of sp³-hybridized carbons (Fsp3) is 0.400. The summed E-state index contributed by atoms with van der Waals surface area (Å²) < 4.78 is 1.70. The number of aromatic nitrogens is 4. The smallest absolute Gasteiger partial charge is 0.244 e. The number of pyridine rings is 1. The van der Waals surface area contributed by atoms with E-state index < -0.39 is 0 Å². The van der Waals surface area contributed by atoms with Crippen LogP contribution < -0.4 is 0 Å². The largest absolute Gasteiger partial charge is 0.341 e. The molecule has 1 aromatic carbocycles. The molecule has 0 bridgehead atoms. The van der Waals surface area contributed by atoms with Gasteiger partial charge in [0.15, 0.2) is 0 Å². The van der Waals surface area contributed by atoms with Crippen molar-refractivity contribution in [2.75, 3.05) is 13.1 Å². The second-order valence-corrected chi connectivity index (χ2v) is 7.06. The number of hydrogen-bond donors (Lipinski definition) is 0. The van der Waals surface area contributed by atoms with Crippen molar-refractivity contribution < 1.29 is 4.79 Å². The molecule has 4 rings (SSSR count). The predicted molar refractivity (Wildman–Crippen MR) is 99.5 cm³/mol. The van der Waals surface area contributed by atoms with E-state index in [9.17, 15) is 4.79 Å². The SMILES string of the molecule is Cc1cccc(CC2CCCN(C(=O)Cn3nnc4ccccc43)C2)n1. The van der Waals surface area contributed by atoms with Gasteiger partial charge in [0, 0.05) is 24.5 Å². The van der Waals surface area contributed by atoms with Crippen molar-refractivity contribution in [3.8, 4) is 0 Å². The summed E-state index contributed by atoms with van der Waals surface area (Å²) in [4.78, 5) is 19.4. The maximum atomic E-state index is 12.8. The van der Waals surface area contributed by atoms with Gasteiger partial charge in [0.05, 0.1) is 5.52 Å². The predicted octanol–water partition coefficient (Wildman–Crippen LogP) is 2.62. The molecule has 0 spiro atoms. The molecular weight excluding hydrogens is 326 g/mol. The van der Waals surface area contributed by atoms with Gasteiger partial charge in [-0.3, -0.25) is 9.78 Å². The quantitative estimate of drug-likeness (QED) is 0.726. The first-order chi connectivity index (χ1) is 12.7. The molecule has 1 atom stereocenters. The van der Waals surface area contributed by atoms with Crippen molar-refractivity contribution in [2.24, 2.45) is 5.92 Å². The first kappa shape index (κ1) is 16.7. The summed E-state index contributed by atoms with van der Waals surface area (Å²) in [7, 11) is 0. The third-order valence-corrected chi connectivity index (χ3v) is 5.02. The molecule has 134 valence electrons. The van der Waals surface area contributed by atoms with Gasteiger partial charge >= 0.3 is 0 Å². The number of carbonyl (C=O) groups excluding carboxylic acids is 1. The van der Waals surface area contributed by atoms with Crippen LogP contribution in [0.2, 0.25) is 0 Å². The van der Waals surface area contributed by atoms with Crippen LogP contribution in [0.15, 0.2) is 42.5 Å². The van der Waals surface area contributed by atoms with E-state index in [1.807, 2.05) is 42.2 Å². The van der Waals surface area contributed by atoms with E-state index in [1.165, 1.54) is 0 Å². The van der Waals surface area contributed by atoms with Gasteiger partial charge < -0.3 is 4.90 Å². The number of rotatable bonds is 4. The highest BCUT2D eigenvalue weighted by Gasteiger charge is 2.24. The summed E-state index contributed by atoms with van der Waals surface area (Å²) >= 11 is 0. The second-order valence-electron chi connectivity index (χ2n) is 7.06. The van der Waals surface area contributed by atoms with E-state index in [0.717, 1.165) is 54.8 Å². The van der Waals surface area contributed by atoms with Gasteiger partial charge in [0.1, 0.15) is 12.1 Å². The molecule has 1 amide bonds. The first-order valence-corrected chi connectivity index (χ1v) is 9.17. The zero-order valence-electron chi connectivity index (χ0n) is 15.0. The summed E-state index contributed by atoms with van der Waals surface area (Å²) in [5.74, 6) is 0.581. The Balaban J connectivity index is 1.41. The number of hydrogen-bond acceptors (Lipinski definition) is 4. The maximum Gasteiger partial charge on any atom is 0.244 e. The third-order valence-electron chi connectivity index (χ3n) is 5.02. The maximum absolute atomic E-state index is 12.8. The Bertz CT molecular complexity index is 919. The van der Waals surface area contributed by atoms with Gasteiger partial charge in [-0.25, -0.2) is 4.68 Å². The lowest BCUT2D eigenvalue weighted by Crippen LogP contribution is -2.42. The number of para-hydroxylation sites is 1. The number of likely N-dealkylation sites (tertiary alicyclic amines) is 1. The number of aryl methyl sites for hydroxylation is 1. The molecule has 3 aromatic rings. The fourth-order valence-corrected chi connectivity index (χ4v) is 3.73. The van der Waals surface area contributed by atoms with E-state index in [1.54, 1.807) is 4.68 Å². The molecule has 6 heteroatoms. The fourth-order valence-electron chi connectivity index (χ4n) is 3.73. The van der Waals surface area contributed by atoms with E-state index in [0.29, 0.717) is 5.92 Å². The average Bonchev–Trinajstić information content (AvgIpc) is 3.05. The molecule has 0 N–H and O–H groups in total. The van der Waals surface area contributed by atoms with E-state index in [2.05, 4.69) is 27.4 Å². The van der Waals surface area contributed by atoms with Crippen LogP contribution in [0.5, 0.6) is 0 Å². The van der Waals surface area contributed by atoms with Crippen LogP contribution in [0.3, 0.4) is 0 Å². The summed E-state index contributed by atoms with van der Waals surface area (Å²) in [6.45, 7) is 3.88. The van der Waals surface area contributed by atoms with Gasteiger partial charge in [0.25, 0.3) is 0 Å². The Morgan fingerprint density at radius 2 is 2.08 bits per heavy atom. The van der Waals surface area contributed by atoms with Crippen LogP contribution in [0, 0.1) is 12.8 Å². The van der Waals surface area contributed by atoms with Crippen molar-refractivity contribution in [3.63, 3.8) is 0 Å². The molecule has 1 aliphatic rings. The van der Waals surface area contributed by atoms with Crippen molar-refractivity contribution in [3.05, 3.63) is 53.9 Å². The summed E-state index contributed by atoms with van der Waals surface area (Å²) in [5.41, 5.74) is 3.89. The Kier molecular flexibility index (Phi) is 4.65. The number of nitrogens with zero attached hydrogens (tertiary/aromatic N) is 5. The molecule has 0 aliphatic carbocycles. The standard InChI is InChI=1S/C20H23N5O/c1-15-6-4-8-17(21-15)12-16-7-5-11-24(13-16)20(26)14-25-19-10-3-2-9-18(19)22-23-25/h2-4,6,8-10,16H,5,7,11-14H2,1H3. The van der Waals surface area contributed by atoms with Gasteiger partial charge in [-0.1, -0.05) is 23.4 Å². The number of carbonyl (C=O) groups is 1. The third kappa shape index (κ3) is 3.59. The molecule has 1 aliphatic heterocycles. The molecule has 1 saturated heterocycles. The number of amides is 1. The molecule has 0 saturated carbocycles. The number of benzene rings is 1. The van der Waals surface area contributed by atoms with Crippen molar-refractivity contribution >= 4 is 16.9 Å². The molecule has 26 heavy (non-hydrogen) atoms. The van der Waals surface area contributed by atoms with Crippen LogP contribution >= 0.6 is 0 Å². The summed E-state index contributed by atoms with van der Waals surface area (Å²) in [6.07, 6.45) is 3.11. The van der Waals surface area contributed by atoms with Crippen LogP contribution in [-0.2, 0) is 17.8 Å². The highest BCUT2D eigenvalue weighted by Crippen LogP contribution is 2.21. The van der Waals surface area contributed by atoms with E-state index in [4.69, 9.17) is 0 Å². The molecule has 3 heterocycles. The topological polar surface area (TPSA) is 63.9 Å².